The molecule has 0 atom stereocenters. The predicted octanol–water partition coefficient (Wildman–Crippen LogP) is 5.70. The Morgan fingerprint density at radius 1 is 1.14 bits per heavy atom. The number of rotatable bonds is 5. The van der Waals surface area contributed by atoms with E-state index in [0.717, 1.165) is 33.9 Å². The van der Waals surface area contributed by atoms with Crippen LogP contribution in [0.25, 0.3) is 10.9 Å². The quantitative estimate of drug-likeness (QED) is 0.510. The third kappa shape index (κ3) is 4.24. The summed E-state index contributed by atoms with van der Waals surface area (Å²) in [5.74, 6) is 1.22. The molecule has 3 nitrogen and oxygen atoms in total. The summed E-state index contributed by atoms with van der Waals surface area (Å²) in [6, 6.07) is 9.24. The molecule has 0 amide bonds. The van der Waals surface area contributed by atoms with Crippen LogP contribution in [-0.4, -0.2) is 15.3 Å². The van der Waals surface area contributed by atoms with E-state index in [1.54, 1.807) is 11.8 Å². The zero-order valence-electron chi connectivity index (χ0n) is 15.9. The number of hydrogen-bond donors (Lipinski definition) is 0. The lowest BCUT2D eigenvalue weighted by molar-refractivity contribution is -0.137. The Labute approximate surface area is 165 Å². The first-order valence-electron chi connectivity index (χ1n) is 9.02. The van der Waals surface area contributed by atoms with Gasteiger partial charge in [-0.2, -0.15) is 13.2 Å². The van der Waals surface area contributed by atoms with Gasteiger partial charge in [-0.1, -0.05) is 32.9 Å². The van der Waals surface area contributed by atoms with Gasteiger partial charge in [-0.05, 0) is 47.1 Å². The second-order valence-corrected chi connectivity index (χ2v) is 8.17. The highest BCUT2D eigenvalue weighted by Gasteiger charge is 2.30. The van der Waals surface area contributed by atoms with E-state index in [4.69, 9.17) is 0 Å². The Hall–Kier alpha value is -2.28. The molecule has 0 bridgehead atoms. The third-order valence-corrected chi connectivity index (χ3v) is 5.54. The highest BCUT2D eigenvalue weighted by Crippen LogP contribution is 2.30. The van der Waals surface area contributed by atoms with E-state index in [1.165, 1.54) is 17.0 Å². The number of hydrogen-bond acceptors (Lipinski definition) is 3. The molecule has 0 N–H and O–H groups in total. The van der Waals surface area contributed by atoms with Gasteiger partial charge in [-0.25, -0.2) is 4.98 Å². The highest BCUT2D eigenvalue weighted by molar-refractivity contribution is 7.99. The smallest absolute Gasteiger partial charge is 0.294 e. The van der Waals surface area contributed by atoms with Crippen LogP contribution in [-0.2, 0) is 12.7 Å². The molecule has 0 saturated carbocycles. The topological polar surface area (TPSA) is 34.9 Å². The van der Waals surface area contributed by atoms with E-state index in [-0.39, 0.29) is 17.4 Å². The molecule has 0 radical (unpaired) electrons. The van der Waals surface area contributed by atoms with Gasteiger partial charge in [0, 0.05) is 4.90 Å². The van der Waals surface area contributed by atoms with Crippen molar-refractivity contribution in [3.63, 3.8) is 0 Å². The molecular weight excluding hydrogens is 385 g/mol. The minimum absolute atomic E-state index is 0.0259. The maximum Gasteiger partial charge on any atom is 0.416 e. The van der Waals surface area contributed by atoms with Gasteiger partial charge in [0.1, 0.15) is 0 Å². The molecule has 0 aliphatic rings. The van der Waals surface area contributed by atoms with Gasteiger partial charge >= 0.3 is 6.18 Å². The molecule has 3 aromatic rings. The van der Waals surface area contributed by atoms with Crippen LogP contribution in [0.4, 0.5) is 13.2 Å². The van der Waals surface area contributed by atoms with Crippen molar-refractivity contribution in [2.75, 3.05) is 5.75 Å². The number of fused-ring (bicyclic) bond motifs is 1. The summed E-state index contributed by atoms with van der Waals surface area (Å²) in [6.45, 7) is 6.50. The summed E-state index contributed by atoms with van der Waals surface area (Å²) >= 11 is 1.67. The maximum absolute atomic E-state index is 13.0. The van der Waals surface area contributed by atoms with Crippen LogP contribution >= 0.6 is 11.8 Å². The summed E-state index contributed by atoms with van der Waals surface area (Å²) in [6.07, 6.45) is -3.10. The molecule has 0 fully saturated rings. The normalized spacial score (nSPS) is 12.1. The Morgan fingerprint density at radius 2 is 1.89 bits per heavy atom. The Bertz CT molecular complexity index is 1060. The Balaban J connectivity index is 2.08. The lowest BCUT2D eigenvalue weighted by atomic mass is 10.0. The Morgan fingerprint density at radius 3 is 2.54 bits per heavy atom. The van der Waals surface area contributed by atoms with E-state index in [0.29, 0.717) is 5.92 Å². The highest BCUT2D eigenvalue weighted by atomic mass is 32.2. The minimum atomic E-state index is -4.50. The van der Waals surface area contributed by atoms with Gasteiger partial charge in [-0.15, -0.1) is 11.8 Å². The van der Waals surface area contributed by atoms with Crippen molar-refractivity contribution in [3.8, 4) is 0 Å². The summed E-state index contributed by atoms with van der Waals surface area (Å²) in [4.78, 5) is 18.1. The van der Waals surface area contributed by atoms with E-state index >= 15 is 0 Å². The van der Waals surface area contributed by atoms with Gasteiger partial charge in [0.25, 0.3) is 5.56 Å². The van der Waals surface area contributed by atoms with E-state index in [1.807, 2.05) is 13.0 Å². The molecule has 2 aromatic carbocycles. The first-order chi connectivity index (χ1) is 13.2. The van der Waals surface area contributed by atoms with Crippen LogP contribution in [0.1, 0.15) is 43.4 Å². The van der Waals surface area contributed by atoms with Crippen molar-refractivity contribution < 1.29 is 13.2 Å². The molecule has 1 heterocycles. The summed E-state index contributed by atoms with van der Waals surface area (Å²) in [5.41, 5.74) is 1.05. The van der Waals surface area contributed by atoms with E-state index in [2.05, 4.69) is 31.0 Å². The van der Waals surface area contributed by atoms with Crippen molar-refractivity contribution in [1.82, 2.24) is 9.55 Å². The molecule has 0 spiro atoms. The summed E-state index contributed by atoms with van der Waals surface area (Å²) < 4.78 is 40.4. The van der Waals surface area contributed by atoms with Crippen LogP contribution in [0.3, 0.4) is 0 Å². The van der Waals surface area contributed by atoms with Gasteiger partial charge in [-0.3, -0.25) is 9.36 Å². The number of benzene rings is 2. The monoisotopic (exact) mass is 406 g/mol. The van der Waals surface area contributed by atoms with Crippen LogP contribution in [0.15, 0.2) is 52.4 Å². The third-order valence-electron chi connectivity index (χ3n) is 4.54. The van der Waals surface area contributed by atoms with Crippen LogP contribution in [0.2, 0.25) is 0 Å². The maximum atomic E-state index is 13.0. The average Bonchev–Trinajstić information content (AvgIpc) is 2.64. The SMILES string of the molecule is CCSc1ccc(C(C)C)cc1Cn1cnc2ccc(C(F)(F)F)cc2c1=O. The molecular formula is C21H21F3N2OS. The lowest BCUT2D eigenvalue weighted by Crippen LogP contribution is -2.22. The zero-order chi connectivity index (χ0) is 20.5. The standard InChI is InChI=1S/C21H21F3N2OS/c1-4-28-19-8-5-14(13(2)3)9-15(19)11-26-12-25-18-7-6-16(21(22,23)24)10-17(18)20(26)27/h5-10,12-13H,4,11H2,1-3H3. The minimum Gasteiger partial charge on any atom is -0.294 e. The van der Waals surface area contributed by atoms with Crippen LogP contribution < -0.4 is 5.56 Å². The largest absolute Gasteiger partial charge is 0.416 e. The number of thioether (sulfide) groups is 1. The predicted molar refractivity (Wildman–Crippen MR) is 107 cm³/mol. The molecule has 0 saturated heterocycles. The van der Waals surface area contributed by atoms with Crippen molar-refractivity contribution >= 4 is 22.7 Å². The lowest BCUT2D eigenvalue weighted by Gasteiger charge is -2.15. The van der Waals surface area contributed by atoms with Crippen LogP contribution in [0, 0.1) is 0 Å². The van der Waals surface area contributed by atoms with Crippen molar-refractivity contribution in [3.05, 3.63) is 69.8 Å². The van der Waals surface area contributed by atoms with E-state index in [9.17, 15) is 18.0 Å². The van der Waals surface area contributed by atoms with Crippen molar-refractivity contribution in [2.24, 2.45) is 0 Å². The first kappa shape index (κ1) is 20.5. The molecule has 1 aromatic heterocycles. The van der Waals surface area contributed by atoms with Gasteiger partial charge < -0.3 is 0 Å². The van der Waals surface area contributed by atoms with Crippen LogP contribution in [0.5, 0.6) is 0 Å². The number of halogens is 3. The number of nitrogens with zero attached hydrogens (tertiary/aromatic N) is 2. The van der Waals surface area contributed by atoms with Crippen molar-refractivity contribution in [2.45, 2.75) is 44.3 Å². The fraction of sp³-hybridized carbons (Fsp3) is 0.333. The fourth-order valence-corrected chi connectivity index (χ4v) is 3.79. The van der Waals surface area contributed by atoms with Gasteiger partial charge in [0.2, 0.25) is 0 Å². The van der Waals surface area contributed by atoms with E-state index < -0.39 is 17.3 Å². The Kier molecular flexibility index (Phi) is 5.84. The van der Waals surface area contributed by atoms with Crippen molar-refractivity contribution in [1.29, 1.82) is 0 Å². The average molecular weight is 406 g/mol. The summed E-state index contributed by atoms with van der Waals surface area (Å²) in [7, 11) is 0. The number of alkyl halides is 3. The fourth-order valence-electron chi connectivity index (χ4n) is 3.01. The molecule has 28 heavy (non-hydrogen) atoms. The molecule has 0 unspecified atom stereocenters. The van der Waals surface area contributed by atoms with Gasteiger partial charge in [0.05, 0.1) is 29.3 Å². The molecule has 0 aliphatic carbocycles. The number of aromatic nitrogens is 2. The first-order valence-corrected chi connectivity index (χ1v) is 10.0. The summed E-state index contributed by atoms with van der Waals surface area (Å²) in [5, 5.41) is -0.0259. The molecule has 3 rings (SSSR count). The second-order valence-electron chi connectivity index (χ2n) is 6.86. The molecule has 7 heteroatoms. The molecule has 0 aliphatic heterocycles. The second kappa shape index (κ2) is 7.99. The van der Waals surface area contributed by atoms with Gasteiger partial charge in [0.15, 0.2) is 0 Å². The zero-order valence-corrected chi connectivity index (χ0v) is 16.7. The molecule has 148 valence electrons.